The van der Waals surface area contributed by atoms with Gasteiger partial charge in [0, 0.05) is 40.1 Å². The maximum absolute atomic E-state index is 12.2. The van der Waals surface area contributed by atoms with E-state index in [0.29, 0.717) is 24.5 Å². The first kappa shape index (κ1) is 17.9. The van der Waals surface area contributed by atoms with Gasteiger partial charge < -0.3 is 15.3 Å². The van der Waals surface area contributed by atoms with E-state index in [1.807, 2.05) is 45.0 Å². The number of nitrogens with zero attached hydrogens (tertiary/aromatic N) is 1. The Balaban J connectivity index is 1.99. The van der Waals surface area contributed by atoms with Crippen LogP contribution in [0.2, 0.25) is 0 Å². The zero-order valence-corrected chi connectivity index (χ0v) is 14.9. The molecule has 0 aliphatic carbocycles. The van der Waals surface area contributed by atoms with Crippen molar-refractivity contribution in [3.63, 3.8) is 0 Å². The molecule has 23 heavy (non-hydrogen) atoms. The number of carbonyl (C=O) groups excluding carboxylic acids is 1. The molecule has 0 aromatic heterocycles. The number of anilines is 1. The van der Waals surface area contributed by atoms with Crippen LogP contribution in [0.4, 0.5) is 10.5 Å². The molecular formula is C17H26N2O3S. The van der Waals surface area contributed by atoms with E-state index in [-0.39, 0.29) is 10.8 Å². The van der Waals surface area contributed by atoms with Crippen LogP contribution in [0.5, 0.6) is 0 Å². The number of aliphatic hydroxyl groups is 1. The number of hydrogen-bond donors (Lipinski definition) is 2. The third-order valence-corrected chi connectivity index (χ3v) is 5.80. The highest BCUT2D eigenvalue weighted by Gasteiger charge is 2.22. The van der Waals surface area contributed by atoms with Crippen LogP contribution in [0.15, 0.2) is 24.3 Å². The van der Waals surface area contributed by atoms with Gasteiger partial charge >= 0.3 is 6.03 Å². The fourth-order valence-corrected chi connectivity index (χ4v) is 3.36. The number of likely N-dealkylation sites (tertiary alicyclic amines) is 1. The molecule has 0 saturated carbocycles. The van der Waals surface area contributed by atoms with Crippen LogP contribution in [0.1, 0.15) is 39.2 Å². The maximum Gasteiger partial charge on any atom is 0.321 e. The average Bonchev–Trinajstić information content (AvgIpc) is 2.46. The van der Waals surface area contributed by atoms with Gasteiger partial charge in [-0.15, -0.1) is 0 Å². The van der Waals surface area contributed by atoms with Crippen LogP contribution in [0.3, 0.4) is 0 Å². The summed E-state index contributed by atoms with van der Waals surface area (Å²) < 4.78 is 12.0. The molecule has 0 spiro atoms. The molecule has 2 unspecified atom stereocenters. The molecule has 0 bridgehead atoms. The summed E-state index contributed by atoms with van der Waals surface area (Å²) in [5.74, 6) is 0.468. The van der Waals surface area contributed by atoms with E-state index < -0.39 is 16.9 Å². The normalized spacial score (nSPS) is 20.2. The minimum absolute atomic E-state index is 0.196. The summed E-state index contributed by atoms with van der Waals surface area (Å²) in [7, 11) is -0.974. The van der Waals surface area contributed by atoms with Gasteiger partial charge in [0.1, 0.15) is 0 Å². The number of urea groups is 1. The predicted molar refractivity (Wildman–Crippen MR) is 93.9 cm³/mol. The van der Waals surface area contributed by atoms with E-state index in [1.54, 1.807) is 4.90 Å². The van der Waals surface area contributed by atoms with Crippen molar-refractivity contribution in [1.29, 1.82) is 0 Å². The van der Waals surface area contributed by atoms with Crippen molar-refractivity contribution < 1.29 is 14.1 Å². The second kappa shape index (κ2) is 7.45. The summed E-state index contributed by atoms with van der Waals surface area (Å²) in [4.78, 5) is 13.9. The Morgan fingerprint density at radius 3 is 2.83 bits per heavy atom. The van der Waals surface area contributed by atoms with Gasteiger partial charge in [0.05, 0.1) is 6.10 Å². The van der Waals surface area contributed by atoms with Crippen LogP contribution in [0, 0.1) is 0 Å². The lowest BCUT2D eigenvalue weighted by Gasteiger charge is -2.30. The van der Waals surface area contributed by atoms with Crippen molar-refractivity contribution in [3.05, 3.63) is 29.8 Å². The smallest absolute Gasteiger partial charge is 0.321 e. The van der Waals surface area contributed by atoms with Gasteiger partial charge in [-0.3, -0.25) is 4.21 Å². The van der Waals surface area contributed by atoms with Gasteiger partial charge in [-0.25, -0.2) is 4.79 Å². The Morgan fingerprint density at radius 1 is 1.43 bits per heavy atom. The lowest BCUT2D eigenvalue weighted by atomic mass is 10.1. The number of benzene rings is 1. The number of amides is 2. The first-order chi connectivity index (χ1) is 10.8. The van der Waals surface area contributed by atoms with E-state index in [4.69, 9.17) is 0 Å². The predicted octanol–water partition coefficient (Wildman–Crippen LogP) is 2.72. The quantitative estimate of drug-likeness (QED) is 0.890. The van der Waals surface area contributed by atoms with Crippen molar-refractivity contribution in [1.82, 2.24) is 4.90 Å². The minimum atomic E-state index is -0.974. The van der Waals surface area contributed by atoms with Crippen LogP contribution >= 0.6 is 0 Å². The Kier molecular flexibility index (Phi) is 5.81. The maximum atomic E-state index is 12.2. The molecule has 1 saturated heterocycles. The highest BCUT2D eigenvalue weighted by atomic mass is 32.2. The van der Waals surface area contributed by atoms with E-state index in [9.17, 15) is 14.1 Å². The van der Waals surface area contributed by atoms with Gasteiger partial charge in [-0.05, 0) is 51.3 Å². The van der Waals surface area contributed by atoms with Crippen LogP contribution in [-0.2, 0) is 16.6 Å². The molecule has 2 rings (SSSR count). The molecule has 1 aromatic carbocycles. The number of carbonyl (C=O) groups is 1. The van der Waals surface area contributed by atoms with Crippen molar-refractivity contribution in [2.24, 2.45) is 0 Å². The van der Waals surface area contributed by atoms with Crippen molar-refractivity contribution in [3.8, 4) is 0 Å². The van der Waals surface area contributed by atoms with E-state index in [1.165, 1.54) is 0 Å². The first-order valence-corrected chi connectivity index (χ1v) is 9.29. The minimum Gasteiger partial charge on any atom is -0.391 e. The molecule has 1 aliphatic heterocycles. The molecule has 1 aromatic rings. The lowest BCUT2D eigenvalue weighted by molar-refractivity contribution is 0.0883. The topological polar surface area (TPSA) is 69.6 Å². The van der Waals surface area contributed by atoms with Crippen molar-refractivity contribution >= 4 is 22.5 Å². The Morgan fingerprint density at radius 2 is 2.17 bits per heavy atom. The van der Waals surface area contributed by atoms with Crippen LogP contribution in [0.25, 0.3) is 0 Å². The summed E-state index contributed by atoms with van der Waals surface area (Å²) >= 11 is 0. The second-order valence-corrected chi connectivity index (χ2v) is 9.18. The number of rotatable bonds is 3. The average molecular weight is 338 g/mol. The molecular weight excluding hydrogens is 312 g/mol. The van der Waals surface area contributed by atoms with E-state index in [0.717, 1.165) is 18.4 Å². The second-order valence-electron chi connectivity index (χ2n) is 6.97. The number of piperidine rings is 1. The third kappa shape index (κ3) is 5.32. The van der Waals surface area contributed by atoms with Gasteiger partial charge in [0.25, 0.3) is 0 Å². The highest BCUT2D eigenvalue weighted by Crippen LogP contribution is 2.19. The van der Waals surface area contributed by atoms with Crippen molar-refractivity contribution in [2.45, 2.75) is 50.2 Å². The summed E-state index contributed by atoms with van der Waals surface area (Å²) in [6, 6.07) is 7.27. The molecule has 128 valence electrons. The fourth-order valence-electron chi connectivity index (χ4n) is 2.45. The lowest BCUT2D eigenvalue weighted by Crippen LogP contribution is -2.44. The van der Waals surface area contributed by atoms with Crippen molar-refractivity contribution in [2.75, 3.05) is 18.4 Å². The van der Waals surface area contributed by atoms with Crippen LogP contribution in [-0.4, -0.2) is 44.2 Å². The molecule has 1 aliphatic rings. The highest BCUT2D eigenvalue weighted by molar-refractivity contribution is 7.85. The molecule has 5 nitrogen and oxygen atoms in total. The van der Waals surface area contributed by atoms with Crippen LogP contribution < -0.4 is 5.32 Å². The molecule has 6 heteroatoms. The first-order valence-electron chi connectivity index (χ1n) is 7.97. The summed E-state index contributed by atoms with van der Waals surface area (Å²) in [5.41, 5.74) is 1.63. The van der Waals surface area contributed by atoms with Gasteiger partial charge in [0.15, 0.2) is 0 Å². The van der Waals surface area contributed by atoms with Gasteiger partial charge in [-0.1, -0.05) is 12.1 Å². The Labute approximate surface area is 140 Å². The number of aliphatic hydroxyl groups excluding tert-OH is 1. The fraction of sp³-hybridized carbons (Fsp3) is 0.588. The molecule has 2 N–H and O–H groups in total. The Hall–Kier alpha value is -1.40. The third-order valence-electron chi connectivity index (χ3n) is 3.84. The monoisotopic (exact) mass is 338 g/mol. The molecule has 1 fully saturated rings. The SMILES string of the molecule is CC(C)(C)S(=O)Cc1cccc(NC(=O)N2CCCC(O)C2)c1. The summed E-state index contributed by atoms with van der Waals surface area (Å²) in [6.45, 7) is 6.90. The number of nitrogens with one attached hydrogen (secondary N) is 1. The standard InChI is InChI=1S/C17H26N2O3S/c1-17(2,3)23(22)12-13-6-4-7-14(10-13)18-16(21)19-9-5-8-15(20)11-19/h4,6-7,10,15,20H,5,8-9,11-12H2,1-3H3,(H,18,21). The van der Waals surface area contributed by atoms with E-state index >= 15 is 0 Å². The molecule has 0 radical (unpaired) electrons. The van der Waals surface area contributed by atoms with Gasteiger partial charge in [0.2, 0.25) is 0 Å². The van der Waals surface area contributed by atoms with Gasteiger partial charge in [-0.2, -0.15) is 0 Å². The number of hydrogen-bond acceptors (Lipinski definition) is 3. The summed E-state index contributed by atoms with van der Waals surface area (Å²) in [6.07, 6.45) is 1.13. The molecule has 2 atom stereocenters. The number of β-amino-alcohol motifs (C(OH)–C–C–N with tert-alkyl or cyclic N) is 1. The zero-order chi connectivity index (χ0) is 17.0. The molecule has 2 amide bonds. The largest absolute Gasteiger partial charge is 0.391 e. The summed E-state index contributed by atoms with van der Waals surface area (Å²) in [5, 5.41) is 12.5. The zero-order valence-electron chi connectivity index (χ0n) is 14.0. The Bertz CT molecular complexity index is 583. The molecule has 1 heterocycles. The van der Waals surface area contributed by atoms with E-state index in [2.05, 4.69) is 5.32 Å².